The Morgan fingerprint density at radius 1 is 1.39 bits per heavy atom. The second kappa shape index (κ2) is 5.18. The van der Waals surface area contributed by atoms with Gasteiger partial charge in [-0.25, -0.2) is 4.98 Å². The summed E-state index contributed by atoms with van der Waals surface area (Å²) in [5.41, 5.74) is 8.14. The molecule has 0 unspecified atom stereocenters. The molecule has 0 aliphatic heterocycles. The molecule has 1 amide bonds. The summed E-state index contributed by atoms with van der Waals surface area (Å²) in [6.45, 7) is 3.98. The molecule has 0 fully saturated rings. The molecular weight excluding hydrogens is 246 g/mol. The van der Waals surface area contributed by atoms with Crippen molar-refractivity contribution in [2.24, 2.45) is 0 Å². The molecule has 18 heavy (non-hydrogen) atoms. The number of nitrogens with two attached hydrogens (primary N) is 1. The number of amides is 1. The van der Waals surface area contributed by atoms with Gasteiger partial charge in [-0.1, -0.05) is 29.8 Å². The van der Waals surface area contributed by atoms with E-state index in [1.165, 1.54) is 16.9 Å². The van der Waals surface area contributed by atoms with Crippen molar-refractivity contribution in [1.82, 2.24) is 10.3 Å². The Morgan fingerprint density at radius 3 is 2.61 bits per heavy atom. The summed E-state index contributed by atoms with van der Waals surface area (Å²) in [6, 6.07) is 8.02. The number of aromatic nitrogens is 1. The molecule has 0 radical (unpaired) electrons. The summed E-state index contributed by atoms with van der Waals surface area (Å²) in [4.78, 5) is 15.8. The molecule has 0 aliphatic carbocycles. The fourth-order valence-corrected chi connectivity index (χ4v) is 2.14. The summed E-state index contributed by atoms with van der Waals surface area (Å²) in [5.74, 6) is -0.198. The van der Waals surface area contributed by atoms with Crippen LogP contribution in [0.25, 0.3) is 0 Å². The molecule has 3 N–H and O–H groups in total. The van der Waals surface area contributed by atoms with Gasteiger partial charge in [-0.3, -0.25) is 4.79 Å². The number of carbonyl (C=O) groups excluding carboxylic acids is 1. The van der Waals surface area contributed by atoms with E-state index in [4.69, 9.17) is 5.73 Å². The molecule has 0 aliphatic rings. The van der Waals surface area contributed by atoms with Gasteiger partial charge in [-0.2, -0.15) is 0 Å². The average Bonchev–Trinajstić information content (AvgIpc) is 2.76. The largest absolute Gasteiger partial charge is 0.375 e. The van der Waals surface area contributed by atoms with E-state index < -0.39 is 0 Å². The minimum absolute atomic E-state index is 0.0546. The third kappa shape index (κ3) is 2.87. The fourth-order valence-electron chi connectivity index (χ4n) is 1.60. The van der Waals surface area contributed by atoms with Crippen LogP contribution in [0.2, 0.25) is 0 Å². The highest BCUT2D eigenvalue weighted by Gasteiger charge is 2.13. The van der Waals surface area contributed by atoms with E-state index in [-0.39, 0.29) is 11.9 Å². The fraction of sp³-hybridized carbons (Fsp3) is 0.231. The van der Waals surface area contributed by atoms with Crippen molar-refractivity contribution in [3.05, 3.63) is 46.5 Å². The maximum Gasteiger partial charge on any atom is 0.271 e. The minimum Gasteiger partial charge on any atom is -0.375 e. The van der Waals surface area contributed by atoms with E-state index in [1.54, 1.807) is 5.38 Å². The lowest BCUT2D eigenvalue weighted by molar-refractivity contribution is 0.0935. The third-order valence-corrected chi connectivity index (χ3v) is 3.35. The minimum atomic E-state index is -0.198. The molecular formula is C13H15N3OS. The number of hydrogen-bond acceptors (Lipinski definition) is 4. The number of hydrogen-bond donors (Lipinski definition) is 2. The Labute approximate surface area is 110 Å². The van der Waals surface area contributed by atoms with Crippen molar-refractivity contribution >= 4 is 22.4 Å². The van der Waals surface area contributed by atoms with Gasteiger partial charge in [0.15, 0.2) is 5.13 Å². The summed E-state index contributed by atoms with van der Waals surface area (Å²) in [7, 11) is 0. The normalized spacial score (nSPS) is 12.1. The molecule has 1 heterocycles. The highest BCUT2D eigenvalue weighted by atomic mass is 32.1. The third-order valence-electron chi connectivity index (χ3n) is 2.68. The van der Waals surface area contributed by atoms with Gasteiger partial charge < -0.3 is 11.1 Å². The molecule has 94 valence electrons. The predicted molar refractivity (Wildman–Crippen MR) is 73.6 cm³/mol. The number of carbonyl (C=O) groups is 1. The molecule has 1 aromatic carbocycles. The van der Waals surface area contributed by atoms with Crippen LogP contribution in [0.3, 0.4) is 0 Å². The molecule has 4 nitrogen and oxygen atoms in total. The van der Waals surface area contributed by atoms with E-state index in [2.05, 4.69) is 10.3 Å². The molecule has 2 aromatic rings. The maximum absolute atomic E-state index is 11.9. The predicted octanol–water partition coefficient (Wildman–Crippen LogP) is 2.52. The molecule has 1 aromatic heterocycles. The van der Waals surface area contributed by atoms with Crippen LogP contribution in [0.5, 0.6) is 0 Å². The van der Waals surface area contributed by atoms with E-state index >= 15 is 0 Å². The first-order valence-electron chi connectivity index (χ1n) is 5.64. The van der Waals surface area contributed by atoms with Gasteiger partial charge in [-0.05, 0) is 19.4 Å². The summed E-state index contributed by atoms with van der Waals surface area (Å²) >= 11 is 1.26. The van der Waals surface area contributed by atoms with Gasteiger partial charge >= 0.3 is 0 Å². The molecule has 0 saturated carbocycles. The van der Waals surface area contributed by atoms with Crippen molar-refractivity contribution in [2.75, 3.05) is 5.73 Å². The number of nitrogen functional groups attached to an aromatic ring is 1. The zero-order valence-electron chi connectivity index (χ0n) is 10.3. The number of benzene rings is 1. The Kier molecular flexibility index (Phi) is 3.62. The number of nitrogens with one attached hydrogen (secondary N) is 1. The lowest BCUT2D eigenvalue weighted by Crippen LogP contribution is -2.26. The lowest BCUT2D eigenvalue weighted by Gasteiger charge is -2.13. The summed E-state index contributed by atoms with van der Waals surface area (Å²) < 4.78 is 0. The van der Waals surface area contributed by atoms with Gasteiger partial charge in [0.2, 0.25) is 0 Å². The Bertz CT molecular complexity index is 548. The number of thiazole rings is 1. The maximum atomic E-state index is 11.9. The molecule has 1 atom stereocenters. The van der Waals surface area contributed by atoms with Crippen LogP contribution < -0.4 is 11.1 Å². The molecule has 5 heteroatoms. The first-order chi connectivity index (χ1) is 8.56. The molecule has 0 spiro atoms. The van der Waals surface area contributed by atoms with Gasteiger partial charge in [0.25, 0.3) is 5.91 Å². The van der Waals surface area contributed by atoms with E-state index in [0.29, 0.717) is 10.8 Å². The van der Waals surface area contributed by atoms with Gasteiger partial charge in [0, 0.05) is 5.38 Å². The second-order valence-corrected chi connectivity index (χ2v) is 5.07. The van der Waals surface area contributed by atoms with E-state index in [0.717, 1.165) is 5.56 Å². The van der Waals surface area contributed by atoms with Crippen LogP contribution in [0.4, 0.5) is 5.13 Å². The van der Waals surface area contributed by atoms with Crippen molar-refractivity contribution < 1.29 is 4.79 Å². The molecule has 0 saturated heterocycles. The Hall–Kier alpha value is -1.88. The van der Waals surface area contributed by atoms with Gasteiger partial charge in [0.05, 0.1) is 6.04 Å². The number of nitrogens with zero attached hydrogens (tertiary/aromatic N) is 1. The quantitative estimate of drug-likeness (QED) is 0.892. The van der Waals surface area contributed by atoms with Crippen LogP contribution >= 0.6 is 11.3 Å². The zero-order chi connectivity index (χ0) is 13.1. The van der Waals surface area contributed by atoms with Crippen LogP contribution in [0, 0.1) is 6.92 Å². The smallest absolute Gasteiger partial charge is 0.271 e. The van der Waals surface area contributed by atoms with Crippen LogP contribution in [0.15, 0.2) is 29.6 Å². The van der Waals surface area contributed by atoms with Crippen molar-refractivity contribution in [3.8, 4) is 0 Å². The monoisotopic (exact) mass is 261 g/mol. The molecule has 2 rings (SSSR count). The summed E-state index contributed by atoms with van der Waals surface area (Å²) in [5, 5.41) is 4.96. The zero-order valence-corrected chi connectivity index (χ0v) is 11.1. The number of rotatable bonds is 3. The van der Waals surface area contributed by atoms with Gasteiger partial charge in [0.1, 0.15) is 5.69 Å². The van der Waals surface area contributed by atoms with Gasteiger partial charge in [-0.15, -0.1) is 11.3 Å². The first-order valence-corrected chi connectivity index (χ1v) is 6.52. The SMILES string of the molecule is Cc1ccc([C@H](C)NC(=O)c2csc(N)n2)cc1. The Balaban J connectivity index is 2.05. The standard InChI is InChI=1S/C13H15N3OS/c1-8-3-5-10(6-4-8)9(2)15-12(17)11-7-18-13(14)16-11/h3-7,9H,1-2H3,(H2,14,16)(H,15,17)/t9-/m0/s1. The van der Waals surface area contributed by atoms with E-state index in [1.807, 2.05) is 38.1 Å². The first kappa shape index (κ1) is 12.6. The highest BCUT2D eigenvalue weighted by molar-refractivity contribution is 7.13. The van der Waals surface area contributed by atoms with Crippen molar-refractivity contribution in [1.29, 1.82) is 0 Å². The van der Waals surface area contributed by atoms with Crippen LogP contribution in [-0.2, 0) is 0 Å². The van der Waals surface area contributed by atoms with E-state index in [9.17, 15) is 4.79 Å². The lowest BCUT2D eigenvalue weighted by atomic mass is 10.1. The number of anilines is 1. The van der Waals surface area contributed by atoms with Crippen LogP contribution in [-0.4, -0.2) is 10.9 Å². The van der Waals surface area contributed by atoms with Crippen molar-refractivity contribution in [3.63, 3.8) is 0 Å². The Morgan fingerprint density at radius 2 is 2.06 bits per heavy atom. The highest BCUT2D eigenvalue weighted by Crippen LogP contribution is 2.15. The van der Waals surface area contributed by atoms with Crippen LogP contribution in [0.1, 0.15) is 34.6 Å². The van der Waals surface area contributed by atoms with Crippen molar-refractivity contribution in [2.45, 2.75) is 19.9 Å². The molecule has 0 bridgehead atoms. The average molecular weight is 261 g/mol. The second-order valence-electron chi connectivity index (χ2n) is 4.18. The topological polar surface area (TPSA) is 68.0 Å². The number of aryl methyl sites for hydroxylation is 1. The summed E-state index contributed by atoms with van der Waals surface area (Å²) in [6.07, 6.45) is 0.